The Kier molecular flexibility index (Phi) is 14.1. The first-order chi connectivity index (χ1) is 33.1. The summed E-state index contributed by atoms with van der Waals surface area (Å²) in [6.45, 7) is 3.26. The minimum Gasteiger partial charge on any atom is -0.491 e. The van der Waals surface area contributed by atoms with Crippen molar-refractivity contribution >= 4 is 90.4 Å². The van der Waals surface area contributed by atoms with Gasteiger partial charge in [0, 0.05) is 73.7 Å². The molecule has 6 heterocycles. The van der Waals surface area contributed by atoms with E-state index in [4.69, 9.17) is 20.7 Å². The first kappa shape index (κ1) is 46.4. The number of thiophene rings is 2. The zero-order valence-electron chi connectivity index (χ0n) is 38.6. The van der Waals surface area contributed by atoms with Crippen molar-refractivity contribution < 1.29 is 19.1 Å². The minimum absolute atomic E-state index is 0.0105. The summed E-state index contributed by atoms with van der Waals surface area (Å²) in [4.78, 5) is 62.6. The lowest BCUT2D eigenvalue weighted by atomic mass is 9.87. The van der Waals surface area contributed by atoms with Gasteiger partial charge in [-0.1, -0.05) is 5.11 Å². The van der Waals surface area contributed by atoms with Gasteiger partial charge in [-0.15, -0.1) is 22.7 Å². The second kappa shape index (κ2) is 20.6. The predicted molar refractivity (Wildman–Crippen MR) is 269 cm³/mol. The number of nitrogens with two attached hydrogens (primary N) is 1. The number of ether oxygens (including phenoxy) is 2. The number of hydrogen-bond donors (Lipinski definition) is 3. The summed E-state index contributed by atoms with van der Waals surface area (Å²) in [5.74, 6) is 3.41. The third kappa shape index (κ3) is 9.80. The number of hydrogen-bond acceptors (Lipinski definition) is 16. The molecule has 4 aromatic heterocycles. The highest BCUT2D eigenvalue weighted by atomic mass is 32.1. The number of nitrogens with zero attached hydrogens (tertiary/aromatic N) is 11. The van der Waals surface area contributed by atoms with Crippen LogP contribution in [-0.2, 0) is 48.4 Å². The van der Waals surface area contributed by atoms with Gasteiger partial charge in [0.25, 0.3) is 0 Å². The van der Waals surface area contributed by atoms with Gasteiger partial charge in [-0.2, -0.15) is 0 Å². The molecule has 20 heteroatoms. The van der Waals surface area contributed by atoms with Crippen molar-refractivity contribution in [1.29, 1.82) is 0 Å². The molecule has 18 nitrogen and oxygen atoms in total. The average Bonchev–Trinajstić information content (AvgIpc) is 4.16. The molecule has 4 N–H and O–H groups in total. The second-order valence-corrected chi connectivity index (χ2v) is 19.8. The predicted octanol–water partition coefficient (Wildman–Crippen LogP) is 7.93. The lowest BCUT2D eigenvalue weighted by Gasteiger charge is -2.24. The Morgan fingerprint density at radius 3 is 1.69 bits per heavy atom. The maximum atomic E-state index is 12.5. The highest BCUT2D eigenvalue weighted by molar-refractivity contribution is 7.19. The molecule has 2 amide bonds. The third-order valence-electron chi connectivity index (χ3n) is 12.6. The van der Waals surface area contributed by atoms with E-state index in [9.17, 15) is 9.59 Å². The van der Waals surface area contributed by atoms with Crippen LogP contribution in [0.5, 0.6) is 11.5 Å². The van der Waals surface area contributed by atoms with Crippen LogP contribution >= 0.6 is 22.7 Å². The highest BCUT2D eigenvalue weighted by Gasteiger charge is 2.32. The molecule has 2 aliphatic heterocycles. The van der Waals surface area contributed by atoms with Gasteiger partial charge in [0.15, 0.2) is 0 Å². The van der Waals surface area contributed by atoms with Crippen molar-refractivity contribution in [1.82, 2.24) is 29.7 Å². The number of benzene rings is 2. The molecule has 10 rings (SSSR count). The van der Waals surface area contributed by atoms with E-state index in [0.29, 0.717) is 51.6 Å². The van der Waals surface area contributed by atoms with Crippen LogP contribution in [0.2, 0.25) is 0 Å². The number of anilines is 4. The van der Waals surface area contributed by atoms with Crippen LogP contribution in [0.15, 0.2) is 52.0 Å². The molecule has 2 atom stereocenters. The van der Waals surface area contributed by atoms with Gasteiger partial charge in [0.2, 0.25) is 11.8 Å². The number of carbonyl (C=O) groups excluding carboxylic acids is 2. The summed E-state index contributed by atoms with van der Waals surface area (Å²) >= 11 is 3.32. The van der Waals surface area contributed by atoms with E-state index < -0.39 is 0 Å². The van der Waals surface area contributed by atoms with Crippen molar-refractivity contribution in [2.24, 2.45) is 32.7 Å². The number of nitrogens with one attached hydrogen (secondary N) is 2. The molecule has 352 valence electrons. The fourth-order valence-electron chi connectivity index (χ4n) is 9.16. The van der Waals surface area contributed by atoms with Crippen molar-refractivity contribution in [3.63, 3.8) is 0 Å². The van der Waals surface area contributed by atoms with Crippen LogP contribution in [0.1, 0.15) is 68.8 Å². The standard InChI is InChI=1S/C24H26N8O2S.C24H28N6O2S/c1-32(2)24(33)14-4-5-17-20(10-14)35-23-21(17)22(27-13-28-23)30-18-8-15-11-26-12-16(15)9-19(18)34-7-3-6-29-31-25;1-30(2)24(31)14-4-5-17-20(10-14)33-23-21(17)22(27-13-28-23)29-18-8-15-11-26-12-16(15)9-19(18)32-7-3-6-25/h8-9,11,13-14H,3-7,10,12H2,1-2H3,(H,27,28,30);8-9,11,13-14H,3-7,10,12,25H2,1-2H3,(H,27,28,29)/t2*14-/m00/s1. The average molecular weight is 955 g/mol. The topological polar surface area (TPSA) is 234 Å². The molecule has 0 fully saturated rings. The number of aryl methyl sites for hydroxylation is 2. The number of fused-ring (bicyclic) bond motifs is 8. The van der Waals surface area contributed by atoms with E-state index in [2.05, 4.69) is 62.7 Å². The Morgan fingerprint density at radius 2 is 1.24 bits per heavy atom. The van der Waals surface area contributed by atoms with Crippen LogP contribution < -0.4 is 25.8 Å². The summed E-state index contributed by atoms with van der Waals surface area (Å²) in [6, 6.07) is 8.17. The Bertz CT molecular complexity index is 2990. The number of aliphatic imine (C=N–C) groups is 2. The second-order valence-electron chi connectivity index (χ2n) is 17.6. The summed E-state index contributed by atoms with van der Waals surface area (Å²) in [6.07, 6.45) is 13.2. The monoisotopic (exact) mass is 954 g/mol. The molecule has 6 aromatic rings. The lowest BCUT2D eigenvalue weighted by Crippen LogP contribution is -2.32. The van der Waals surface area contributed by atoms with E-state index in [-0.39, 0.29) is 23.7 Å². The minimum atomic E-state index is 0.0105. The van der Waals surface area contributed by atoms with Crippen molar-refractivity contribution in [2.75, 3.05) is 65.1 Å². The molecule has 4 aliphatic rings. The van der Waals surface area contributed by atoms with Gasteiger partial charge in [-0.3, -0.25) is 19.6 Å². The molecule has 68 heavy (non-hydrogen) atoms. The molecule has 0 radical (unpaired) electrons. The lowest BCUT2D eigenvalue weighted by molar-refractivity contribution is -0.134. The van der Waals surface area contributed by atoms with E-state index >= 15 is 0 Å². The Balaban J connectivity index is 0.000000170. The highest BCUT2D eigenvalue weighted by Crippen LogP contribution is 2.44. The van der Waals surface area contributed by atoms with Gasteiger partial charge in [0.05, 0.1) is 48.5 Å². The van der Waals surface area contributed by atoms with Gasteiger partial charge < -0.3 is 35.6 Å². The summed E-state index contributed by atoms with van der Waals surface area (Å²) in [5.41, 5.74) is 22.7. The number of amides is 2. The van der Waals surface area contributed by atoms with Gasteiger partial charge in [0.1, 0.15) is 45.5 Å². The summed E-state index contributed by atoms with van der Waals surface area (Å²) in [7, 11) is 7.28. The molecule has 2 aromatic carbocycles. The van der Waals surface area contributed by atoms with Crippen LogP contribution in [0.25, 0.3) is 30.9 Å². The summed E-state index contributed by atoms with van der Waals surface area (Å²) in [5, 5.41) is 12.7. The molecular formula is C48H54N14O4S2. The molecule has 0 bridgehead atoms. The van der Waals surface area contributed by atoms with Gasteiger partial charge in [-0.25, -0.2) is 19.9 Å². The van der Waals surface area contributed by atoms with E-state index in [1.54, 1.807) is 45.1 Å². The molecular weight excluding hydrogens is 901 g/mol. The van der Waals surface area contributed by atoms with Crippen LogP contribution in [0.3, 0.4) is 0 Å². The van der Waals surface area contributed by atoms with Crippen LogP contribution in [0, 0.1) is 11.8 Å². The maximum absolute atomic E-state index is 12.5. The molecule has 0 saturated heterocycles. The zero-order valence-corrected chi connectivity index (χ0v) is 40.3. The molecule has 0 unspecified atom stereocenters. The zero-order chi connectivity index (χ0) is 47.3. The van der Waals surface area contributed by atoms with Crippen molar-refractivity contribution in [3.05, 3.63) is 90.5 Å². The van der Waals surface area contributed by atoms with Gasteiger partial charge in [-0.05, 0) is 121 Å². The molecule has 0 saturated carbocycles. The molecule has 0 spiro atoms. The SMILES string of the molecule is CN(C)C(=O)[C@H]1CCc2c(sc3ncnc(Nc4cc5c(cc4OCCCN)CN=C5)c23)C1.CN(C)C(=O)[C@H]1CCc2c(sc3ncnc(Nc4cc5c(cc4OCCCN=[N+]=[N-])CN=C5)c23)C1. The fraction of sp³-hybridized carbons (Fsp3) is 0.417. The van der Waals surface area contributed by atoms with Crippen LogP contribution in [-0.4, -0.2) is 108 Å². The Hall–Kier alpha value is -6.73. The Labute approximate surface area is 401 Å². The normalized spacial score (nSPS) is 16.2. The fourth-order valence-corrected chi connectivity index (χ4v) is 11.7. The smallest absolute Gasteiger partial charge is 0.225 e. The quantitative estimate of drug-likeness (QED) is 0.0387. The first-order valence-electron chi connectivity index (χ1n) is 22.9. The Morgan fingerprint density at radius 1 is 0.750 bits per heavy atom. The summed E-state index contributed by atoms with van der Waals surface area (Å²) < 4.78 is 12.1. The van der Waals surface area contributed by atoms with Gasteiger partial charge >= 0.3 is 0 Å². The van der Waals surface area contributed by atoms with E-state index in [1.807, 2.05) is 52.8 Å². The number of carbonyl (C=O) groups is 2. The van der Waals surface area contributed by atoms with Crippen molar-refractivity contribution in [3.8, 4) is 11.5 Å². The number of rotatable bonds is 15. The first-order valence-corrected chi connectivity index (χ1v) is 24.5. The third-order valence-corrected chi connectivity index (χ3v) is 14.9. The van der Waals surface area contributed by atoms with E-state index in [0.717, 1.165) is 116 Å². The molecule has 2 aliphatic carbocycles. The number of aromatic nitrogens is 4. The largest absolute Gasteiger partial charge is 0.491 e. The van der Waals surface area contributed by atoms with Crippen molar-refractivity contribution in [2.45, 2.75) is 64.5 Å². The number of azide groups is 1. The van der Waals surface area contributed by atoms with Crippen LogP contribution in [0.4, 0.5) is 23.0 Å². The maximum Gasteiger partial charge on any atom is 0.225 e. The van der Waals surface area contributed by atoms with E-state index in [1.165, 1.54) is 20.9 Å².